The molecule has 0 bridgehead atoms. The summed E-state index contributed by atoms with van der Waals surface area (Å²) in [6.07, 6.45) is 1.05. The van der Waals surface area contributed by atoms with E-state index in [-0.39, 0.29) is 5.91 Å². The maximum absolute atomic E-state index is 12.0. The third kappa shape index (κ3) is 3.75. The zero-order valence-corrected chi connectivity index (χ0v) is 10.7. The van der Waals surface area contributed by atoms with E-state index in [2.05, 4.69) is 24.6 Å². The summed E-state index contributed by atoms with van der Waals surface area (Å²) in [6.45, 7) is 6.86. The Kier molecular flexibility index (Phi) is 4.97. The topological polar surface area (TPSA) is 67.2 Å². The largest absolute Gasteiger partial charge is 0.352 e. The van der Waals surface area contributed by atoms with Gasteiger partial charge in [-0.3, -0.25) is 10.6 Å². The van der Waals surface area contributed by atoms with E-state index in [1.165, 1.54) is 0 Å². The second-order valence-corrected chi connectivity index (χ2v) is 4.42. The fourth-order valence-electron chi connectivity index (χ4n) is 1.48. The van der Waals surface area contributed by atoms with Gasteiger partial charge >= 0.3 is 0 Å². The lowest BCUT2D eigenvalue weighted by atomic mass is 10.1. The predicted octanol–water partition coefficient (Wildman–Crippen LogP) is 2.06. The number of hydrogen-bond donors (Lipinski definition) is 3. The van der Waals surface area contributed by atoms with Crippen LogP contribution in [0.5, 0.6) is 0 Å². The number of carbonyl (C=O) groups excluding carboxylic acids is 1. The van der Waals surface area contributed by atoms with Gasteiger partial charge in [0.15, 0.2) is 0 Å². The summed E-state index contributed by atoms with van der Waals surface area (Å²) in [7, 11) is 0. The Balaban J connectivity index is 2.77. The second kappa shape index (κ2) is 6.25. The van der Waals surface area contributed by atoms with E-state index < -0.39 is 0 Å². The first-order valence-corrected chi connectivity index (χ1v) is 5.94. The van der Waals surface area contributed by atoms with Crippen molar-refractivity contribution in [1.29, 1.82) is 0 Å². The van der Waals surface area contributed by atoms with Crippen LogP contribution in [0.1, 0.15) is 36.2 Å². The van der Waals surface area contributed by atoms with Crippen LogP contribution in [0.4, 0.5) is 5.69 Å². The molecule has 0 aliphatic carbocycles. The average Bonchev–Trinajstić information content (AvgIpc) is 2.35. The third-order valence-electron chi connectivity index (χ3n) is 2.88. The molecule has 0 heterocycles. The lowest BCUT2D eigenvalue weighted by Crippen LogP contribution is -2.29. The van der Waals surface area contributed by atoms with E-state index in [9.17, 15) is 4.79 Å². The van der Waals surface area contributed by atoms with Crippen LogP contribution in [-0.4, -0.2) is 12.5 Å². The van der Waals surface area contributed by atoms with Crippen LogP contribution in [0.2, 0.25) is 0 Å². The molecule has 1 aromatic rings. The Morgan fingerprint density at radius 1 is 1.47 bits per heavy atom. The van der Waals surface area contributed by atoms with Crippen LogP contribution in [0.15, 0.2) is 18.2 Å². The van der Waals surface area contributed by atoms with Crippen molar-refractivity contribution >= 4 is 11.6 Å². The molecule has 4 N–H and O–H groups in total. The van der Waals surface area contributed by atoms with Crippen LogP contribution in [-0.2, 0) is 0 Å². The van der Waals surface area contributed by atoms with Crippen molar-refractivity contribution in [2.24, 2.45) is 11.8 Å². The number of hydrogen-bond acceptors (Lipinski definition) is 3. The minimum Gasteiger partial charge on any atom is -0.352 e. The highest BCUT2D eigenvalue weighted by atomic mass is 16.1. The summed E-state index contributed by atoms with van der Waals surface area (Å²) in [4.78, 5) is 12.0. The van der Waals surface area contributed by atoms with E-state index >= 15 is 0 Å². The lowest BCUT2D eigenvalue weighted by Gasteiger charge is -2.13. The van der Waals surface area contributed by atoms with E-state index in [0.717, 1.165) is 12.0 Å². The van der Waals surface area contributed by atoms with Crippen LogP contribution >= 0.6 is 0 Å². The molecule has 0 aliphatic heterocycles. The summed E-state index contributed by atoms with van der Waals surface area (Å²) in [5.74, 6) is 5.79. The molecule has 4 nitrogen and oxygen atoms in total. The highest BCUT2D eigenvalue weighted by Crippen LogP contribution is 2.16. The summed E-state index contributed by atoms with van der Waals surface area (Å²) in [5, 5.41) is 2.92. The quantitative estimate of drug-likeness (QED) is 0.540. The highest BCUT2D eigenvalue weighted by molar-refractivity contribution is 5.99. The molecule has 1 aromatic carbocycles. The number of anilines is 1. The fraction of sp³-hybridized carbons (Fsp3) is 0.462. The average molecular weight is 235 g/mol. The number of benzene rings is 1. The first-order chi connectivity index (χ1) is 8.08. The van der Waals surface area contributed by atoms with Crippen LogP contribution in [0, 0.1) is 12.8 Å². The van der Waals surface area contributed by atoms with Gasteiger partial charge in [0, 0.05) is 6.54 Å². The molecule has 0 spiro atoms. The van der Waals surface area contributed by atoms with Gasteiger partial charge in [-0.15, -0.1) is 0 Å². The molecule has 94 valence electrons. The van der Waals surface area contributed by atoms with Gasteiger partial charge in [-0.25, -0.2) is 0 Å². The molecular weight excluding hydrogens is 214 g/mol. The summed E-state index contributed by atoms with van der Waals surface area (Å²) >= 11 is 0. The molecule has 1 atom stereocenters. The van der Waals surface area contributed by atoms with E-state index in [4.69, 9.17) is 5.84 Å². The number of nitrogens with one attached hydrogen (secondary N) is 2. The van der Waals surface area contributed by atoms with E-state index in [1.807, 2.05) is 25.1 Å². The number of nitrogen functional groups attached to an aromatic ring is 1. The molecule has 0 aromatic heterocycles. The molecule has 1 unspecified atom stereocenters. The Labute approximate surface area is 103 Å². The standard InChI is InChI=1S/C13H21N3O/c1-4-9(2)8-15-13(17)11-7-10(3)5-6-12(11)16-14/h5-7,9,16H,4,8,14H2,1-3H3,(H,15,17). The van der Waals surface area contributed by atoms with Crippen molar-refractivity contribution in [2.45, 2.75) is 27.2 Å². The second-order valence-electron chi connectivity index (χ2n) is 4.42. The molecule has 4 heteroatoms. The molecule has 1 amide bonds. The molecule has 0 saturated carbocycles. The zero-order chi connectivity index (χ0) is 12.8. The Morgan fingerprint density at radius 2 is 2.18 bits per heavy atom. The van der Waals surface area contributed by atoms with Crippen molar-refractivity contribution < 1.29 is 4.79 Å². The van der Waals surface area contributed by atoms with Gasteiger partial charge in [0.1, 0.15) is 0 Å². The van der Waals surface area contributed by atoms with Gasteiger partial charge in [-0.05, 0) is 25.0 Å². The van der Waals surface area contributed by atoms with Crippen molar-refractivity contribution in [3.05, 3.63) is 29.3 Å². The van der Waals surface area contributed by atoms with Gasteiger partial charge in [0.25, 0.3) is 5.91 Å². The first kappa shape index (κ1) is 13.5. The molecule has 17 heavy (non-hydrogen) atoms. The molecule has 0 saturated heterocycles. The zero-order valence-electron chi connectivity index (χ0n) is 10.7. The van der Waals surface area contributed by atoms with Crippen molar-refractivity contribution in [3.63, 3.8) is 0 Å². The number of nitrogens with two attached hydrogens (primary N) is 1. The van der Waals surface area contributed by atoms with Crippen molar-refractivity contribution in [2.75, 3.05) is 12.0 Å². The van der Waals surface area contributed by atoms with Gasteiger partial charge in [0.2, 0.25) is 0 Å². The molecule has 0 aliphatic rings. The molecule has 0 radical (unpaired) electrons. The summed E-state index contributed by atoms with van der Waals surface area (Å²) < 4.78 is 0. The number of hydrazine groups is 1. The number of rotatable bonds is 5. The van der Waals surface area contributed by atoms with E-state index in [1.54, 1.807) is 0 Å². The van der Waals surface area contributed by atoms with E-state index in [0.29, 0.717) is 23.7 Å². The monoisotopic (exact) mass is 235 g/mol. The van der Waals surface area contributed by atoms with Crippen molar-refractivity contribution in [1.82, 2.24) is 5.32 Å². The smallest absolute Gasteiger partial charge is 0.253 e. The lowest BCUT2D eigenvalue weighted by molar-refractivity contribution is 0.0948. The van der Waals surface area contributed by atoms with Gasteiger partial charge in [-0.1, -0.05) is 31.9 Å². The SMILES string of the molecule is CCC(C)CNC(=O)c1cc(C)ccc1NN. The fourth-order valence-corrected chi connectivity index (χ4v) is 1.48. The number of amides is 1. The minimum atomic E-state index is -0.0815. The maximum Gasteiger partial charge on any atom is 0.253 e. The van der Waals surface area contributed by atoms with Crippen molar-refractivity contribution in [3.8, 4) is 0 Å². The Bertz CT molecular complexity index is 390. The van der Waals surface area contributed by atoms with Gasteiger partial charge < -0.3 is 10.7 Å². The number of carbonyl (C=O) groups is 1. The predicted molar refractivity (Wildman–Crippen MR) is 70.8 cm³/mol. The third-order valence-corrected chi connectivity index (χ3v) is 2.88. The van der Waals surface area contributed by atoms with Gasteiger partial charge in [0.05, 0.1) is 11.3 Å². The van der Waals surface area contributed by atoms with Crippen LogP contribution in [0.25, 0.3) is 0 Å². The Hall–Kier alpha value is -1.55. The summed E-state index contributed by atoms with van der Waals surface area (Å²) in [5.41, 5.74) is 4.83. The van der Waals surface area contributed by atoms with Crippen LogP contribution in [0.3, 0.4) is 0 Å². The number of aryl methyl sites for hydroxylation is 1. The minimum absolute atomic E-state index is 0.0815. The Morgan fingerprint density at radius 3 is 2.76 bits per heavy atom. The van der Waals surface area contributed by atoms with Gasteiger partial charge in [-0.2, -0.15) is 0 Å². The molecule has 1 rings (SSSR count). The molecule has 0 fully saturated rings. The normalized spacial score (nSPS) is 12.0. The van der Waals surface area contributed by atoms with Crippen LogP contribution < -0.4 is 16.6 Å². The molecular formula is C13H21N3O. The maximum atomic E-state index is 12.0. The first-order valence-electron chi connectivity index (χ1n) is 5.94. The summed E-state index contributed by atoms with van der Waals surface area (Å²) in [6, 6.07) is 5.56. The highest BCUT2D eigenvalue weighted by Gasteiger charge is 2.11.